The molecular formula is C15H23N3. The van der Waals surface area contributed by atoms with Gasteiger partial charge in [-0.25, -0.2) is 0 Å². The van der Waals surface area contributed by atoms with Gasteiger partial charge in [-0.3, -0.25) is 4.98 Å². The second kappa shape index (κ2) is 6.01. The minimum Gasteiger partial charge on any atom is -0.365 e. The number of rotatable bonds is 7. The van der Waals surface area contributed by atoms with Gasteiger partial charge in [0.25, 0.3) is 0 Å². The van der Waals surface area contributed by atoms with Gasteiger partial charge in [-0.1, -0.05) is 19.9 Å². The zero-order valence-electron chi connectivity index (χ0n) is 11.4. The van der Waals surface area contributed by atoms with Crippen molar-refractivity contribution < 1.29 is 0 Å². The molecule has 3 heteroatoms. The molecule has 3 nitrogen and oxygen atoms in total. The highest BCUT2D eigenvalue weighted by atomic mass is 15.2. The number of nitrogens with one attached hydrogen (secondary N) is 1. The van der Waals surface area contributed by atoms with Gasteiger partial charge in [0.2, 0.25) is 0 Å². The van der Waals surface area contributed by atoms with Crippen molar-refractivity contribution in [1.29, 1.82) is 0 Å². The van der Waals surface area contributed by atoms with E-state index in [4.69, 9.17) is 0 Å². The molecule has 0 saturated heterocycles. The van der Waals surface area contributed by atoms with Gasteiger partial charge in [0.1, 0.15) is 0 Å². The fourth-order valence-electron chi connectivity index (χ4n) is 2.04. The summed E-state index contributed by atoms with van der Waals surface area (Å²) in [5.74, 6) is 0. The first-order valence-corrected chi connectivity index (χ1v) is 6.76. The summed E-state index contributed by atoms with van der Waals surface area (Å²) in [7, 11) is 0. The Balaban J connectivity index is 2.06. The van der Waals surface area contributed by atoms with Gasteiger partial charge in [0.05, 0.1) is 5.69 Å². The van der Waals surface area contributed by atoms with Crippen molar-refractivity contribution in [2.75, 3.05) is 11.4 Å². The third-order valence-electron chi connectivity index (χ3n) is 3.14. The Morgan fingerprint density at radius 1 is 1.56 bits per heavy atom. The first kappa shape index (κ1) is 13.1. The molecule has 0 bridgehead atoms. The Labute approximate surface area is 110 Å². The minimum absolute atomic E-state index is 0.489. The molecule has 0 unspecified atom stereocenters. The van der Waals surface area contributed by atoms with Crippen LogP contribution in [0.1, 0.15) is 32.4 Å². The lowest BCUT2D eigenvalue weighted by Crippen LogP contribution is -2.26. The summed E-state index contributed by atoms with van der Waals surface area (Å²) in [6, 6.07) is 5.48. The number of hydrogen-bond donors (Lipinski definition) is 1. The van der Waals surface area contributed by atoms with Crippen LogP contribution in [-0.4, -0.2) is 23.6 Å². The zero-order valence-corrected chi connectivity index (χ0v) is 11.4. The lowest BCUT2D eigenvalue weighted by molar-refractivity contribution is 0.581. The van der Waals surface area contributed by atoms with E-state index in [0.29, 0.717) is 12.1 Å². The average Bonchev–Trinajstić information content (AvgIpc) is 3.18. The second-order valence-electron chi connectivity index (χ2n) is 5.21. The van der Waals surface area contributed by atoms with Gasteiger partial charge < -0.3 is 10.2 Å². The summed E-state index contributed by atoms with van der Waals surface area (Å²) >= 11 is 0. The first-order chi connectivity index (χ1) is 8.70. The Morgan fingerprint density at radius 3 is 2.94 bits per heavy atom. The fourth-order valence-corrected chi connectivity index (χ4v) is 2.04. The maximum atomic E-state index is 4.42. The third kappa shape index (κ3) is 3.57. The van der Waals surface area contributed by atoms with Crippen LogP contribution < -0.4 is 10.2 Å². The fraction of sp³-hybridized carbons (Fsp3) is 0.533. The SMILES string of the molecule is C=CCN(c1ccnc(CNC(C)C)c1)C1CC1. The van der Waals surface area contributed by atoms with Crippen molar-refractivity contribution in [2.45, 2.75) is 45.3 Å². The van der Waals surface area contributed by atoms with Gasteiger partial charge in [-0.2, -0.15) is 0 Å². The van der Waals surface area contributed by atoms with E-state index in [1.165, 1.54) is 18.5 Å². The standard InChI is InChI=1S/C15H23N3/c1-4-9-18(14-5-6-14)15-7-8-16-13(10-15)11-17-12(2)3/h4,7-8,10,12,14,17H,1,5-6,9,11H2,2-3H3. The molecule has 0 aliphatic heterocycles. The van der Waals surface area contributed by atoms with Crippen LogP contribution in [-0.2, 0) is 6.54 Å². The summed E-state index contributed by atoms with van der Waals surface area (Å²) in [6.07, 6.45) is 6.49. The smallest absolute Gasteiger partial charge is 0.0562 e. The van der Waals surface area contributed by atoms with E-state index in [9.17, 15) is 0 Å². The van der Waals surface area contributed by atoms with Crippen LogP contribution in [0.4, 0.5) is 5.69 Å². The van der Waals surface area contributed by atoms with Crippen LogP contribution in [0.5, 0.6) is 0 Å². The largest absolute Gasteiger partial charge is 0.365 e. The summed E-state index contributed by atoms with van der Waals surface area (Å²) in [6.45, 7) is 9.90. The highest BCUT2D eigenvalue weighted by molar-refractivity contribution is 5.49. The summed E-state index contributed by atoms with van der Waals surface area (Å²) < 4.78 is 0. The molecule has 1 heterocycles. The molecular weight excluding hydrogens is 222 g/mol. The van der Waals surface area contributed by atoms with Crippen LogP contribution in [0.2, 0.25) is 0 Å². The van der Waals surface area contributed by atoms with Crippen molar-refractivity contribution >= 4 is 5.69 Å². The van der Waals surface area contributed by atoms with Crippen molar-refractivity contribution in [1.82, 2.24) is 10.3 Å². The van der Waals surface area contributed by atoms with Crippen molar-refractivity contribution in [3.63, 3.8) is 0 Å². The highest BCUT2D eigenvalue weighted by Gasteiger charge is 2.28. The summed E-state index contributed by atoms with van der Waals surface area (Å²) in [4.78, 5) is 6.84. The molecule has 1 N–H and O–H groups in total. The molecule has 0 radical (unpaired) electrons. The molecule has 1 aliphatic carbocycles. The predicted molar refractivity (Wildman–Crippen MR) is 76.8 cm³/mol. The lowest BCUT2D eigenvalue weighted by Gasteiger charge is -2.23. The van der Waals surface area contributed by atoms with Crippen LogP contribution >= 0.6 is 0 Å². The minimum atomic E-state index is 0.489. The highest BCUT2D eigenvalue weighted by Crippen LogP contribution is 2.31. The first-order valence-electron chi connectivity index (χ1n) is 6.76. The zero-order chi connectivity index (χ0) is 13.0. The molecule has 18 heavy (non-hydrogen) atoms. The second-order valence-corrected chi connectivity index (χ2v) is 5.21. The Morgan fingerprint density at radius 2 is 2.33 bits per heavy atom. The van der Waals surface area contributed by atoms with E-state index >= 15 is 0 Å². The number of hydrogen-bond acceptors (Lipinski definition) is 3. The van der Waals surface area contributed by atoms with Crippen molar-refractivity contribution in [2.24, 2.45) is 0 Å². The third-order valence-corrected chi connectivity index (χ3v) is 3.14. The van der Waals surface area contributed by atoms with Crippen LogP contribution in [0.25, 0.3) is 0 Å². The summed E-state index contributed by atoms with van der Waals surface area (Å²) in [5, 5.41) is 3.40. The Hall–Kier alpha value is -1.35. The maximum absolute atomic E-state index is 4.42. The van der Waals surface area contributed by atoms with E-state index in [1.807, 2.05) is 12.3 Å². The Kier molecular flexibility index (Phi) is 4.37. The van der Waals surface area contributed by atoms with Gasteiger partial charge in [0, 0.05) is 37.1 Å². The number of aromatic nitrogens is 1. The maximum Gasteiger partial charge on any atom is 0.0562 e. The van der Waals surface area contributed by atoms with Crippen LogP contribution in [0.15, 0.2) is 31.0 Å². The van der Waals surface area contributed by atoms with E-state index < -0.39 is 0 Å². The molecule has 1 fully saturated rings. The van der Waals surface area contributed by atoms with Gasteiger partial charge >= 0.3 is 0 Å². The van der Waals surface area contributed by atoms with Crippen LogP contribution in [0, 0.1) is 0 Å². The molecule has 98 valence electrons. The normalized spacial score (nSPS) is 14.8. The molecule has 1 aliphatic rings. The van der Waals surface area contributed by atoms with Gasteiger partial charge in [-0.15, -0.1) is 6.58 Å². The molecule has 0 spiro atoms. The monoisotopic (exact) mass is 245 g/mol. The molecule has 2 rings (SSSR count). The number of pyridine rings is 1. The molecule has 0 amide bonds. The van der Waals surface area contributed by atoms with Crippen molar-refractivity contribution in [3.05, 3.63) is 36.7 Å². The summed E-state index contributed by atoms with van der Waals surface area (Å²) in [5.41, 5.74) is 2.38. The number of nitrogens with zero attached hydrogens (tertiary/aromatic N) is 2. The van der Waals surface area contributed by atoms with Gasteiger partial charge in [0.15, 0.2) is 0 Å². The molecule has 0 atom stereocenters. The van der Waals surface area contributed by atoms with Gasteiger partial charge in [-0.05, 0) is 25.0 Å². The predicted octanol–water partition coefficient (Wildman–Crippen LogP) is 2.73. The molecule has 1 aromatic rings. The lowest BCUT2D eigenvalue weighted by atomic mass is 10.2. The average molecular weight is 245 g/mol. The van der Waals surface area contributed by atoms with Crippen LogP contribution in [0.3, 0.4) is 0 Å². The van der Waals surface area contributed by atoms with E-state index in [1.54, 1.807) is 0 Å². The Bertz CT molecular complexity index is 396. The molecule has 1 saturated carbocycles. The number of anilines is 1. The van der Waals surface area contributed by atoms with E-state index in [2.05, 4.69) is 47.8 Å². The molecule has 1 aromatic heterocycles. The topological polar surface area (TPSA) is 28.2 Å². The molecule has 0 aromatic carbocycles. The van der Waals surface area contributed by atoms with E-state index in [-0.39, 0.29) is 0 Å². The quantitative estimate of drug-likeness (QED) is 0.749. The van der Waals surface area contributed by atoms with E-state index in [0.717, 1.165) is 18.8 Å². The van der Waals surface area contributed by atoms with Crippen molar-refractivity contribution in [3.8, 4) is 0 Å².